The Hall–Kier alpha value is -2.44. The molecular weight excluding hydrogens is 393 g/mol. The quantitative estimate of drug-likeness (QED) is 0.763. The van der Waals surface area contributed by atoms with Crippen LogP contribution in [0.25, 0.3) is 0 Å². The molecule has 0 saturated carbocycles. The van der Waals surface area contributed by atoms with Gasteiger partial charge in [-0.15, -0.1) is 0 Å². The average molecular weight is 410 g/mol. The number of carbonyl (C=O) groups is 2. The molecule has 6 nitrogen and oxygen atoms in total. The van der Waals surface area contributed by atoms with Crippen molar-refractivity contribution >= 4 is 35.1 Å². The maximum atomic E-state index is 12.3. The average Bonchev–Trinajstić information content (AvgIpc) is 2.67. The summed E-state index contributed by atoms with van der Waals surface area (Å²) >= 11 is 12.2. The van der Waals surface area contributed by atoms with E-state index < -0.39 is 18.0 Å². The SMILES string of the molecule is C[C@H](OC(=O)c1cc(Cl)c2c(c1)OCCO2)C(=O)NCc1ccccc1Cl. The molecule has 1 N–H and O–H groups in total. The van der Waals surface area contributed by atoms with Crippen LogP contribution in [0.2, 0.25) is 10.0 Å². The lowest BCUT2D eigenvalue weighted by Crippen LogP contribution is -2.35. The molecule has 2 aromatic rings. The number of amides is 1. The fraction of sp³-hybridized carbons (Fsp3) is 0.263. The molecule has 2 aromatic carbocycles. The van der Waals surface area contributed by atoms with Gasteiger partial charge in [0.05, 0.1) is 10.6 Å². The van der Waals surface area contributed by atoms with Crippen molar-refractivity contribution in [3.8, 4) is 11.5 Å². The Morgan fingerprint density at radius 1 is 1.15 bits per heavy atom. The lowest BCUT2D eigenvalue weighted by atomic mass is 10.2. The number of ether oxygens (including phenoxy) is 3. The first-order chi connectivity index (χ1) is 13.0. The zero-order chi connectivity index (χ0) is 19.4. The summed E-state index contributed by atoms with van der Waals surface area (Å²) in [5.41, 5.74) is 0.944. The molecule has 1 heterocycles. The highest BCUT2D eigenvalue weighted by molar-refractivity contribution is 6.32. The predicted octanol–water partition coefficient (Wildman–Crippen LogP) is 3.63. The third kappa shape index (κ3) is 4.64. The van der Waals surface area contributed by atoms with Gasteiger partial charge in [-0.2, -0.15) is 0 Å². The third-order valence-corrected chi connectivity index (χ3v) is 4.55. The molecular formula is C19H17Cl2NO5. The van der Waals surface area contributed by atoms with Gasteiger partial charge in [0, 0.05) is 11.6 Å². The largest absolute Gasteiger partial charge is 0.486 e. The summed E-state index contributed by atoms with van der Waals surface area (Å²) < 4.78 is 16.1. The highest BCUT2D eigenvalue weighted by Gasteiger charge is 2.23. The Kier molecular flexibility index (Phi) is 6.08. The van der Waals surface area contributed by atoms with Crippen molar-refractivity contribution in [3.05, 3.63) is 57.6 Å². The number of carbonyl (C=O) groups excluding carboxylic acids is 2. The second kappa shape index (κ2) is 8.50. The van der Waals surface area contributed by atoms with Crippen molar-refractivity contribution in [2.75, 3.05) is 13.2 Å². The molecule has 8 heteroatoms. The van der Waals surface area contributed by atoms with Gasteiger partial charge in [0.15, 0.2) is 17.6 Å². The van der Waals surface area contributed by atoms with Gasteiger partial charge in [0.25, 0.3) is 5.91 Å². The molecule has 0 aliphatic carbocycles. The van der Waals surface area contributed by atoms with Gasteiger partial charge in [-0.05, 0) is 30.7 Å². The topological polar surface area (TPSA) is 73.9 Å². The Bertz CT molecular complexity index is 871. The number of benzene rings is 2. The number of halogens is 2. The van der Waals surface area contributed by atoms with Crippen molar-refractivity contribution in [1.29, 1.82) is 0 Å². The van der Waals surface area contributed by atoms with Crippen molar-refractivity contribution < 1.29 is 23.8 Å². The normalized spacial score (nSPS) is 13.6. The van der Waals surface area contributed by atoms with Gasteiger partial charge < -0.3 is 19.5 Å². The minimum Gasteiger partial charge on any atom is -0.486 e. The molecule has 1 atom stereocenters. The van der Waals surface area contributed by atoms with E-state index in [1.807, 2.05) is 6.07 Å². The van der Waals surface area contributed by atoms with Crippen LogP contribution in [0, 0.1) is 0 Å². The molecule has 27 heavy (non-hydrogen) atoms. The van der Waals surface area contributed by atoms with E-state index in [0.29, 0.717) is 29.7 Å². The Morgan fingerprint density at radius 2 is 1.89 bits per heavy atom. The number of hydrogen-bond acceptors (Lipinski definition) is 5. The molecule has 3 rings (SSSR count). The highest BCUT2D eigenvalue weighted by atomic mass is 35.5. The molecule has 1 aliphatic heterocycles. The zero-order valence-electron chi connectivity index (χ0n) is 14.5. The maximum Gasteiger partial charge on any atom is 0.339 e. The molecule has 0 fully saturated rings. The number of esters is 1. The van der Waals surface area contributed by atoms with Crippen LogP contribution in [-0.4, -0.2) is 31.2 Å². The highest BCUT2D eigenvalue weighted by Crippen LogP contribution is 2.38. The lowest BCUT2D eigenvalue weighted by Gasteiger charge is -2.20. The van der Waals surface area contributed by atoms with Gasteiger partial charge >= 0.3 is 5.97 Å². The van der Waals surface area contributed by atoms with Crippen LogP contribution >= 0.6 is 23.2 Å². The molecule has 0 spiro atoms. The van der Waals surface area contributed by atoms with E-state index in [1.54, 1.807) is 18.2 Å². The number of hydrogen-bond donors (Lipinski definition) is 1. The molecule has 0 aromatic heterocycles. The summed E-state index contributed by atoms with van der Waals surface area (Å²) in [5, 5.41) is 3.48. The van der Waals surface area contributed by atoms with E-state index in [-0.39, 0.29) is 17.1 Å². The molecule has 0 bridgehead atoms. The van der Waals surface area contributed by atoms with E-state index in [2.05, 4.69) is 5.32 Å². The second-order valence-electron chi connectivity index (χ2n) is 5.84. The monoisotopic (exact) mass is 409 g/mol. The third-order valence-electron chi connectivity index (χ3n) is 3.90. The van der Waals surface area contributed by atoms with E-state index >= 15 is 0 Å². The van der Waals surface area contributed by atoms with Crippen LogP contribution in [0.1, 0.15) is 22.8 Å². The maximum absolute atomic E-state index is 12.3. The Labute approximate surface area is 166 Å². The number of rotatable bonds is 5. The molecule has 1 aliphatic rings. The molecule has 0 radical (unpaired) electrons. The standard InChI is InChI=1S/C19H17Cl2NO5/c1-11(18(23)22-10-12-4-2-3-5-14(12)20)27-19(24)13-8-15(21)17-16(9-13)25-6-7-26-17/h2-5,8-9,11H,6-7,10H2,1H3,(H,22,23)/t11-/m0/s1. The van der Waals surface area contributed by atoms with E-state index in [0.717, 1.165) is 5.56 Å². The van der Waals surface area contributed by atoms with E-state index in [4.69, 9.17) is 37.4 Å². The molecule has 0 saturated heterocycles. The smallest absolute Gasteiger partial charge is 0.339 e. The first-order valence-electron chi connectivity index (χ1n) is 8.27. The fourth-order valence-corrected chi connectivity index (χ4v) is 2.95. The van der Waals surface area contributed by atoms with Crippen LogP contribution in [0.15, 0.2) is 36.4 Å². The van der Waals surface area contributed by atoms with Gasteiger partial charge in [-0.25, -0.2) is 4.79 Å². The predicted molar refractivity (Wildman–Crippen MR) is 101 cm³/mol. The first kappa shape index (κ1) is 19.3. The van der Waals surface area contributed by atoms with Crippen LogP contribution in [0.3, 0.4) is 0 Å². The zero-order valence-corrected chi connectivity index (χ0v) is 16.0. The first-order valence-corrected chi connectivity index (χ1v) is 9.02. The van der Waals surface area contributed by atoms with Crippen LogP contribution in [-0.2, 0) is 16.1 Å². The molecule has 0 unspecified atom stereocenters. The van der Waals surface area contributed by atoms with E-state index in [1.165, 1.54) is 19.1 Å². The summed E-state index contributed by atoms with van der Waals surface area (Å²) in [6, 6.07) is 10.1. The van der Waals surface area contributed by atoms with E-state index in [9.17, 15) is 9.59 Å². The number of fused-ring (bicyclic) bond motifs is 1. The van der Waals surface area contributed by atoms with Crippen molar-refractivity contribution in [3.63, 3.8) is 0 Å². The second-order valence-corrected chi connectivity index (χ2v) is 6.65. The van der Waals surface area contributed by atoms with Crippen LogP contribution in [0.4, 0.5) is 0 Å². The summed E-state index contributed by atoms with van der Waals surface area (Å²) in [4.78, 5) is 24.5. The van der Waals surface area contributed by atoms with Gasteiger partial charge in [0.1, 0.15) is 13.2 Å². The van der Waals surface area contributed by atoms with Crippen molar-refractivity contribution in [1.82, 2.24) is 5.32 Å². The lowest BCUT2D eigenvalue weighted by molar-refractivity contribution is -0.129. The summed E-state index contributed by atoms with van der Waals surface area (Å²) in [7, 11) is 0. The minimum absolute atomic E-state index is 0.176. The minimum atomic E-state index is -0.994. The number of nitrogens with one attached hydrogen (secondary N) is 1. The van der Waals surface area contributed by atoms with Gasteiger partial charge in [0.2, 0.25) is 0 Å². The Balaban J connectivity index is 1.61. The van der Waals surface area contributed by atoms with Crippen molar-refractivity contribution in [2.45, 2.75) is 19.6 Å². The molecule has 142 valence electrons. The summed E-state index contributed by atoms with van der Waals surface area (Å²) in [6.45, 7) is 2.47. The van der Waals surface area contributed by atoms with Crippen molar-refractivity contribution in [2.24, 2.45) is 0 Å². The van der Waals surface area contributed by atoms with Gasteiger partial charge in [-0.3, -0.25) is 4.79 Å². The van der Waals surface area contributed by atoms with Crippen LogP contribution in [0.5, 0.6) is 11.5 Å². The summed E-state index contributed by atoms with van der Waals surface area (Å²) in [5.74, 6) is -0.359. The molecule has 1 amide bonds. The van der Waals surface area contributed by atoms with Crippen LogP contribution < -0.4 is 14.8 Å². The van der Waals surface area contributed by atoms with Gasteiger partial charge in [-0.1, -0.05) is 41.4 Å². The fourth-order valence-electron chi connectivity index (χ4n) is 2.48. The summed E-state index contributed by atoms with van der Waals surface area (Å²) in [6.07, 6.45) is -0.994. The Morgan fingerprint density at radius 3 is 2.67 bits per heavy atom.